The van der Waals surface area contributed by atoms with E-state index < -0.39 is 5.97 Å². The minimum absolute atomic E-state index is 0.0167. The van der Waals surface area contributed by atoms with E-state index in [9.17, 15) is 4.79 Å². The van der Waals surface area contributed by atoms with Crippen molar-refractivity contribution in [3.8, 4) is 0 Å². The molecule has 0 spiro atoms. The predicted octanol–water partition coefficient (Wildman–Crippen LogP) is 3.11. The van der Waals surface area contributed by atoms with Gasteiger partial charge in [-0.2, -0.15) is 0 Å². The number of carboxylic acids is 1. The maximum Gasteiger partial charge on any atom is 0.335 e. The summed E-state index contributed by atoms with van der Waals surface area (Å²) in [5.41, 5.74) is 2.02. The van der Waals surface area contributed by atoms with Crippen LogP contribution in [0.4, 0.5) is 0 Å². The molecule has 2 atom stereocenters. The van der Waals surface area contributed by atoms with E-state index in [-0.39, 0.29) is 17.6 Å². The standard InChI is InChI=1S/C16H20N2O3/c1-4-21-14-8-13(16(14,2)3)18-9-17-11-6-5-10(15(19)20)7-12(11)18/h5-7,9,13-14H,4,8H2,1-3H3,(H,19,20). The summed E-state index contributed by atoms with van der Waals surface area (Å²) in [4.78, 5) is 15.5. The first-order chi connectivity index (χ1) is 9.95. The molecule has 1 saturated carbocycles. The molecule has 1 aliphatic rings. The number of rotatable bonds is 4. The molecule has 0 bridgehead atoms. The first-order valence-electron chi connectivity index (χ1n) is 7.26. The van der Waals surface area contributed by atoms with Crippen LogP contribution in [0.15, 0.2) is 24.5 Å². The molecule has 2 aromatic rings. The number of fused-ring (bicyclic) bond motifs is 1. The Balaban J connectivity index is 1.98. The Morgan fingerprint density at radius 3 is 2.90 bits per heavy atom. The summed E-state index contributed by atoms with van der Waals surface area (Å²) >= 11 is 0. The highest BCUT2D eigenvalue weighted by atomic mass is 16.5. The minimum Gasteiger partial charge on any atom is -0.478 e. The zero-order valence-electron chi connectivity index (χ0n) is 12.5. The predicted molar refractivity (Wildman–Crippen MR) is 79.5 cm³/mol. The van der Waals surface area contributed by atoms with Crippen LogP contribution < -0.4 is 0 Å². The van der Waals surface area contributed by atoms with E-state index in [4.69, 9.17) is 9.84 Å². The van der Waals surface area contributed by atoms with Gasteiger partial charge in [-0.15, -0.1) is 0 Å². The van der Waals surface area contributed by atoms with Crippen LogP contribution in [0.2, 0.25) is 0 Å². The lowest BCUT2D eigenvalue weighted by Gasteiger charge is -2.52. The van der Waals surface area contributed by atoms with Crippen LogP contribution in [0.1, 0.15) is 43.6 Å². The fraction of sp³-hybridized carbons (Fsp3) is 0.500. The molecule has 1 aromatic carbocycles. The highest BCUT2D eigenvalue weighted by Crippen LogP contribution is 2.52. The molecular formula is C16H20N2O3. The Morgan fingerprint density at radius 1 is 1.52 bits per heavy atom. The average Bonchev–Trinajstić information content (AvgIpc) is 2.85. The first-order valence-corrected chi connectivity index (χ1v) is 7.26. The molecule has 0 radical (unpaired) electrons. The monoisotopic (exact) mass is 288 g/mol. The normalized spacial score (nSPS) is 24.0. The quantitative estimate of drug-likeness (QED) is 0.939. The number of carboxylic acid groups (broad SMARTS) is 1. The van der Waals surface area contributed by atoms with Crippen LogP contribution in [0.5, 0.6) is 0 Å². The van der Waals surface area contributed by atoms with Gasteiger partial charge in [0.05, 0.1) is 29.0 Å². The molecule has 5 heteroatoms. The SMILES string of the molecule is CCOC1CC(n2cnc3ccc(C(=O)O)cc32)C1(C)C. The second kappa shape index (κ2) is 4.84. The maximum absolute atomic E-state index is 11.1. The highest BCUT2D eigenvalue weighted by molar-refractivity contribution is 5.92. The largest absolute Gasteiger partial charge is 0.478 e. The molecule has 0 amide bonds. The Bertz CT molecular complexity index is 690. The summed E-state index contributed by atoms with van der Waals surface area (Å²) in [6.07, 6.45) is 2.99. The summed E-state index contributed by atoms with van der Waals surface area (Å²) in [5.74, 6) is -0.912. The van der Waals surface area contributed by atoms with Crippen LogP contribution >= 0.6 is 0 Å². The van der Waals surface area contributed by atoms with Gasteiger partial charge in [0.1, 0.15) is 0 Å². The lowest BCUT2D eigenvalue weighted by Crippen LogP contribution is -2.51. The molecule has 0 aliphatic heterocycles. The zero-order valence-corrected chi connectivity index (χ0v) is 12.5. The third-order valence-corrected chi connectivity index (χ3v) is 4.65. The fourth-order valence-electron chi connectivity index (χ4n) is 3.23. The molecule has 1 aromatic heterocycles. The number of carbonyl (C=O) groups is 1. The van der Waals surface area contributed by atoms with Gasteiger partial charge in [0.2, 0.25) is 0 Å². The van der Waals surface area contributed by atoms with Crippen molar-refractivity contribution in [1.82, 2.24) is 9.55 Å². The van der Waals surface area contributed by atoms with E-state index in [0.29, 0.717) is 12.2 Å². The van der Waals surface area contributed by atoms with Gasteiger partial charge in [-0.3, -0.25) is 0 Å². The van der Waals surface area contributed by atoms with Crippen molar-refractivity contribution in [1.29, 1.82) is 0 Å². The van der Waals surface area contributed by atoms with Crippen molar-refractivity contribution in [2.45, 2.75) is 39.3 Å². The number of imidazole rings is 1. The van der Waals surface area contributed by atoms with E-state index in [1.807, 2.05) is 13.3 Å². The van der Waals surface area contributed by atoms with Crippen molar-refractivity contribution in [3.63, 3.8) is 0 Å². The number of aromatic nitrogens is 2. The van der Waals surface area contributed by atoms with E-state index in [2.05, 4.69) is 23.4 Å². The van der Waals surface area contributed by atoms with Crippen LogP contribution in [-0.2, 0) is 4.74 Å². The van der Waals surface area contributed by atoms with Crippen molar-refractivity contribution in [2.24, 2.45) is 5.41 Å². The van der Waals surface area contributed by atoms with Gasteiger partial charge < -0.3 is 14.4 Å². The molecular weight excluding hydrogens is 268 g/mol. The molecule has 0 saturated heterocycles. The molecule has 1 fully saturated rings. The van der Waals surface area contributed by atoms with Gasteiger partial charge in [0.15, 0.2) is 0 Å². The molecule has 1 heterocycles. The molecule has 21 heavy (non-hydrogen) atoms. The lowest BCUT2D eigenvalue weighted by atomic mass is 9.64. The lowest BCUT2D eigenvalue weighted by molar-refractivity contribution is -0.126. The van der Waals surface area contributed by atoms with Crippen molar-refractivity contribution in [3.05, 3.63) is 30.1 Å². The second-order valence-electron chi connectivity index (χ2n) is 6.18. The summed E-state index contributed by atoms with van der Waals surface area (Å²) in [5, 5.41) is 9.15. The van der Waals surface area contributed by atoms with Crippen LogP contribution in [0.3, 0.4) is 0 Å². The second-order valence-corrected chi connectivity index (χ2v) is 6.18. The molecule has 5 nitrogen and oxygen atoms in total. The summed E-state index contributed by atoms with van der Waals surface area (Å²) in [6.45, 7) is 7.10. The smallest absolute Gasteiger partial charge is 0.335 e. The van der Waals surface area contributed by atoms with Gasteiger partial charge in [0, 0.05) is 18.1 Å². The van der Waals surface area contributed by atoms with Gasteiger partial charge in [-0.05, 0) is 31.5 Å². The average molecular weight is 288 g/mol. The van der Waals surface area contributed by atoms with Gasteiger partial charge in [-0.1, -0.05) is 13.8 Å². The third-order valence-electron chi connectivity index (χ3n) is 4.65. The number of hydrogen-bond acceptors (Lipinski definition) is 3. The highest BCUT2D eigenvalue weighted by Gasteiger charge is 2.50. The van der Waals surface area contributed by atoms with Crippen molar-refractivity contribution in [2.75, 3.05) is 6.61 Å². The van der Waals surface area contributed by atoms with Crippen LogP contribution in [0.25, 0.3) is 11.0 Å². The topological polar surface area (TPSA) is 64.4 Å². The van der Waals surface area contributed by atoms with E-state index >= 15 is 0 Å². The van der Waals surface area contributed by atoms with E-state index in [1.165, 1.54) is 0 Å². The van der Waals surface area contributed by atoms with Crippen molar-refractivity contribution >= 4 is 17.0 Å². The first kappa shape index (κ1) is 14.1. The zero-order chi connectivity index (χ0) is 15.2. The van der Waals surface area contributed by atoms with E-state index in [1.54, 1.807) is 18.2 Å². The maximum atomic E-state index is 11.1. The Kier molecular flexibility index (Phi) is 3.24. The molecule has 1 N–H and O–H groups in total. The van der Waals surface area contributed by atoms with Crippen LogP contribution in [0, 0.1) is 5.41 Å². The molecule has 1 aliphatic carbocycles. The minimum atomic E-state index is -0.912. The summed E-state index contributed by atoms with van der Waals surface area (Å²) in [6, 6.07) is 5.34. The van der Waals surface area contributed by atoms with Crippen molar-refractivity contribution < 1.29 is 14.6 Å². The molecule has 3 rings (SSSR count). The molecule has 2 unspecified atom stereocenters. The molecule has 112 valence electrons. The Morgan fingerprint density at radius 2 is 2.29 bits per heavy atom. The number of nitrogens with zero attached hydrogens (tertiary/aromatic N) is 2. The van der Waals surface area contributed by atoms with Gasteiger partial charge in [0.25, 0.3) is 0 Å². The van der Waals surface area contributed by atoms with E-state index in [0.717, 1.165) is 17.5 Å². The third kappa shape index (κ3) is 2.12. The summed E-state index contributed by atoms with van der Waals surface area (Å²) in [7, 11) is 0. The number of benzene rings is 1. The number of ether oxygens (including phenoxy) is 1. The number of aromatic carboxylic acids is 1. The fourth-order valence-corrected chi connectivity index (χ4v) is 3.23. The summed E-state index contributed by atoms with van der Waals surface area (Å²) < 4.78 is 7.86. The van der Waals surface area contributed by atoms with Gasteiger partial charge >= 0.3 is 5.97 Å². The Labute approximate surface area is 123 Å². The number of hydrogen-bond donors (Lipinski definition) is 1. The Hall–Kier alpha value is -1.88. The van der Waals surface area contributed by atoms with Gasteiger partial charge in [-0.25, -0.2) is 9.78 Å². The van der Waals surface area contributed by atoms with Crippen LogP contribution in [-0.4, -0.2) is 33.3 Å².